The largest absolute Gasteiger partial charge is 0.447 e. The molecular weight excluding hydrogens is 222 g/mol. The highest BCUT2D eigenvalue weighted by atomic mass is 16.6. The Bertz CT molecular complexity index is 249. The molecule has 0 saturated carbocycles. The number of nitrogens with zero attached hydrogens (tertiary/aromatic N) is 1. The van der Waals surface area contributed by atoms with Gasteiger partial charge in [0.25, 0.3) is 0 Å². The van der Waals surface area contributed by atoms with Crippen LogP contribution in [0.15, 0.2) is 0 Å². The van der Waals surface area contributed by atoms with Crippen molar-refractivity contribution < 1.29 is 19.1 Å². The highest BCUT2D eigenvalue weighted by Crippen LogP contribution is 2.09. The van der Waals surface area contributed by atoms with Crippen LogP contribution in [0.25, 0.3) is 0 Å². The second-order valence-electron chi connectivity index (χ2n) is 4.23. The molecule has 1 heterocycles. The molecule has 0 spiro atoms. The van der Waals surface area contributed by atoms with E-state index in [-0.39, 0.29) is 18.5 Å². The van der Waals surface area contributed by atoms with Crippen molar-refractivity contribution in [1.82, 2.24) is 4.90 Å². The van der Waals surface area contributed by atoms with Crippen LogP contribution in [0.4, 0.5) is 4.79 Å². The molecule has 1 aliphatic heterocycles. The van der Waals surface area contributed by atoms with Gasteiger partial charge in [-0.05, 0) is 26.2 Å². The molecule has 0 N–H and O–H groups in total. The van der Waals surface area contributed by atoms with Gasteiger partial charge < -0.3 is 14.4 Å². The van der Waals surface area contributed by atoms with E-state index < -0.39 is 0 Å². The van der Waals surface area contributed by atoms with E-state index >= 15 is 0 Å². The SMILES string of the molecule is CC(=O)CCOCCOC(=O)N1CCCCC1. The summed E-state index contributed by atoms with van der Waals surface area (Å²) < 4.78 is 10.2. The highest BCUT2D eigenvalue weighted by molar-refractivity contribution is 5.75. The van der Waals surface area contributed by atoms with Crippen molar-refractivity contribution in [1.29, 1.82) is 0 Å². The lowest BCUT2D eigenvalue weighted by molar-refractivity contribution is -0.118. The van der Waals surface area contributed by atoms with Gasteiger partial charge in [-0.15, -0.1) is 0 Å². The molecular formula is C12H21NO4. The minimum absolute atomic E-state index is 0.107. The first-order valence-corrected chi connectivity index (χ1v) is 6.19. The first-order valence-electron chi connectivity index (χ1n) is 6.19. The number of ether oxygens (including phenoxy) is 2. The molecule has 0 unspecified atom stereocenters. The van der Waals surface area contributed by atoms with Gasteiger partial charge in [-0.2, -0.15) is 0 Å². The second kappa shape index (κ2) is 8.06. The van der Waals surface area contributed by atoms with E-state index in [9.17, 15) is 9.59 Å². The molecule has 0 atom stereocenters. The third-order valence-electron chi connectivity index (χ3n) is 2.67. The van der Waals surface area contributed by atoms with E-state index in [4.69, 9.17) is 9.47 Å². The number of ketones is 1. The van der Waals surface area contributed by atoms with Gasteiger partial charge in [0.05, 0.1) is 13.2 Å². The maximum Gasteiger partial charge on any atom is 0.409 e. The van der Waals surface area contributed by atoms with Crippen molar-refractivity contribution in [3.8, 4) is 0 Å². The summed E-state index contributed by atoms with van der Waals surface area (Å²) in [5, 5.41) is 0. The molecule has 1 aliphatic rings. The van der Waals surface area contributed by atoms with E-state index in [0.29, 0.717) is 19.6 Å². The topological polar surface area (TPSA) is 55.8 Å². The first kappa shape index (κ1) is 14.0. The third-order valence-corrected chi connectivity index (χ3v) is 2.67. The van der Waals surface area contributed by atoms with Crippen LogP contribution in [0.3, 0.4) is 0 Å². The summed E-state index contributed by atoms with van der Waals surface area (Å²) in [6, 6.07) is 0. The molecule has 1 amide bonds. The van der Waals surface area contributed by atoms with Crippen LogP contribution in [-0.4, -0.2) is 49.7 Å². The van der Waals surface area contributed by atoms with Crippen molar-refractivity contribution in [2.45, 2.75) is 32.6 Å². The molecule has 17 heavy (non-hydrogen) atoms. The van der Waals surface area contributed by atoms with Crippen molar-refractivity contribution in [3.63, 3.8) is 0 Å². The molecule has 0 radical (unpaired) electrons. The van der Waals surface area contributed by atoms with Gasteiger partial charge in [0, 0.05) is 19.5 Å². The Morgan fingerprint density at radius 1 is 1.06 bits per heavy atom. The summed E-state index contributed by atoms with van der Waals surface area (Å²) in [6.45, 7) is 4.13. The number of hydrogen-bond acceptors (Lipinski definition) is 4. The predicted octanol–water partition coefficient (Wildman–Crippen LogP) is 1.60. The molecule has 98 valence electrons. The first-order chi connectivity index (χ1) is 8.20. The standard InChI is InChI=1S/C12H21NO4/c1-11(14)5-8-16-9-10-17-12(15)13-6-3-2-4-7-13/h2-10H2,1H3. The van der Waals surface area contributed by atoms with Crippen LogP contribution in [0, 0.1) is 0 Å². The Kier molecular flexibility index (Phi) is 6.62. The number of carbonyl (C=O) groups excluding carboxylic acids is 2. The average Bonchev–Trinajstić information content (AvgIpc) is 2.34. The van der Waals surface area contributed by atoms with E-state index in [1.807, 2.05) is 0 Å². The second-order valence-corrected chi connectivity index (χ2v) is 4.23. The summed E-state index contributed by atoms with van der Waals surface area (Å²) in [5.74, 6) is 0.107. The number of rotatable bonds is 6. The number of hydrogen-bond donors (Lipinski definition) is 0. The molecule has 0 aromatic carbocycles. The van der Waals surface area contributed by atoms with Gasteiger partial charge >= 0.3 is 6.09 Å². The van der Waals surface area contributed by atoms with Crippen LogP contribution in [0.2, 0.25) is 0 Å². The molecule has 1 saturated heterocycles. The number of likely N-dealkylation sites (tertiary alicyclic amines) is 1. The monoisotopic (exact) mass is 243 g/mol. The van der Waals surface area contributed by atoms with Crippen molar-refractivity contribution in [2.75, 3.05) is 32.9 Å². The molecule has 0 aromatic rings. The fraction of sp³-hybridized carbons (Fsp3) is 0.833. The van der Waals surface area contributed by atoms with E-state index in [2.05, 4.69) is 0 Å². The maximum absolute atomic E-state index is 11.5. The summed E-state index contributed by atoms with van der Waals surface area (Å²) in [6.07, 6.45) is 3.48. The molecule has 0 aliphatic carbocycles. The van der Waals surface area contributed by atoms with Crippen LogP contribution in [0.1, 0.15) is 32.6 Å². The molecule has 5 nitrogen and oxygen atoms in total. The van der Waals surface area contributed by atoms with Crippen LogP contribution < -0.4 is 0 Å². The molecule has 0 bridgehead atoms. The normalized spacial score (nSPS) is 15.7. The Morgan fingerprint density at radius 3 is 2.41 bits per heavy atom. The maximum atomic E-state index is 11.5. The molecule has 1 fully saturated rings. The van der Waals surface area contributed by atoms with Gasteiger partial charge in [0.2, 0.25) is 0 Å². The van der Waals surface area contributed by atoms with Crippen molar-refractivity contribution >= 4 is 11.9 Å². The zero-order valence-electron chi connectivity index (χ0n) is 10.4. The Hall–Kier alpha value is -1.10. The minimum Gasteiger partial charge on any atom is -0.447 e. The van der Waals surface area contributed by atoms with Crippen LogP contribution in [-0.2, 0) is 14.3 Å². The lowest BCUT2D eigenvalue weighted by Gasteiger charge is -2.25. The number of Topliss-reactive ketones (excluding diaryl/α,β-unsaturated/α-hetero) is 1. The summed E-state index contributed by atoms with van der Waals surface area (Å²) in [4.78, 5) is 23.9. The van der Waals surface area contributed by atoms with Gasteiger partial charge in [-0.3, -0.25) is 4.79 Å². The predicted molar refractivity (Wildman–Crippen MR) is 62.9 cm³/mol. The van der Waals surface area contributed by atoms with Gasteiger partial charge in [-0.25, -0.2) is 4.79 Å². The van der Waals surface area contributed by atoms with Gasteiger partial charge in [0.15, 0.2) is 0 Å². The smallest absolute Gasteiger partial charge is 0.409 e. The zero-order valence-corrected chi connectivity index (χ0v) is 10.4. The number of piperidine rings is 1. The van der Waals surface area contributed by atoms with Crippen LogP contribution in [0.5, 0.6) is 0 Å². The highest BCUT2D eigenvalue weighted by Gasteiger charge is 2.17. The lowest BCUT2D eigenvalue weighted by Crippen LogP contribution is -2.36. The van der Waals surface area contributed by atoms with Crippen molar-refractivity contribution in [2.24, 2.45) is 0 Å². The number of amides is 1. The summed E-state index contributed by atoms with van der Waals surface area (Å²) in [5.41, 5.74) is 0. The van der Waals surface area contributed by atoms with E-state index in [0.717, 1.165) is 25.9 Å². The Balaban J connectivity index is 1.98. The summed E-state index contributed by atoms with van der Waals surface area (Å²) in [7, 11) is 0. The van der Waals surface area contributed by atoms with Gasteiger partial charge in [0.1, 0.15) is 12.4 Å². The average molecular weight is 243 g/mol. The van der Waals surface area contributed by atoms with E-state index in [1.165, 1.54) is 13.3 Å². The summed E-state index contributed by atoms with van der Waals surface area (Å²) >= 11 is 0. The van der Waals surface area contributed by atoms with Crippen LogP contribution >= 0.6 is 0 Å². The van der Waals surface area contributed by atoms with E-state index in [1.54, 1.807) is 4.90 Å². The lowest BCUT2D eigenvalue weighted by atomic mass is 10.1. The van der Waals surface area contributed by atoms with Gasteiger partial charge in [-0.1, -0.05) is 0 Å². The Morgan fingerprint density at radius 2 is 1.76 bits per heavy atom. The molecule has 1 rings (SSSR count). The Labute approximate surface area is 102 Å². The number of carbonyl (C=O) groups is 2. The minimum atomic E-state index is -0.250. The third kappa shape index (κ3) is 6.26. The zero-order chi connectivity index (χ0) is 12.5. The quantitative estimate of drug-likeness (QED) is 0.665. The molecule has 5 heteroatoms. The van der Waals surface area contributed by atoms with Crippen molar-refractivity contribution in [3.05, 3.63) is 0 Å². The fourth-order valence-corrected chi connectivity index (χ4v) is 1.67. The molecule has 0 aromatic heterocycles. The fourth-order valence-electron chi connectivity index (χ4n) is 1.67.